The summed E-state index contributed by atoms with van der Waals surface area (Å²) < 4.78 is 0. The molecule has 0 aliphatic rings. The Hall–Kier alpha value is -0.520. The van der Waals surface area contributed by atoms with E-state index in [0.29, 0.717) is 0 Å². The minimum Gasteiger partial charge on any atom is -0.0917 e. The maximum absolute atomic E-state index is 2.26. The predicted molar refractivity (Wildman–Crippen MR) is 57.3 cm³/mol. The topological polar surface area (TPSA) is 0 Å². The van der Waals surface area contributed by atoms with Crippen molar-refractivity contribution in [2.45, 2.75) is 52.9 Å². The van der Waals surface area contributed by atoms with Crippen LogP contribution in [0.4, 0.5) is 0 Å². The monoisotopic (exact) mass is 166 g/mol. The largest absolute Gasteiger partial charge is 0.0917 e. The third-order valence-corrected chi connectivity index (χ3v) is 2.22. The zero-order valence-corrected chi connectivity index (χ0v) is 8.77. The van der Waals surface area contributed by atoms with E-state index in [1.165, 1.54) is 32.1 Å². The zero-order chi connectivity index (χ0) is 9.23. The Morgan fingerprint density at radius 2 is 1.92 bits per heavy atom. The van der Waals surface area contributed by atoms with E-state index >= 15 is 0 Å². The number of unbranched alkanes of at least 4 members (excludes halogenated alkanes) is 2. The zero-order valence-electron chi connectivity index (χ0n) is 8.77. The van der Waals surface area contributed by atoms with Crippen molar-refractivity contribution in [2.24, 2.45) is 0 Å². The third-order valence-electron chi connectivity index (χ3n) is 2.22. The van der Waals surface area contributed by atoms with Gasteiger partial charge in [-0.2, -0.15) is 0 Å². The Bertz CT molecular complexity index is 140. The molecule has 0 nitrogen and oxygen atoms in total. The van der Waals surface area contributed by atoms with Crippen LogP contribution >= 0.6 is 0 Å². The highest BCUT2D eigenvalue weighted by Crippen LogP contribution is 2.11. The van der Waals surface area contributed by atoms with Crippen molar-refractivity contribution >= 4 is 0 Å². The first-order valence-corrected chi connectivity index (χ1v) is 5.10. The average Bonchev–Trinajstić information content (AvgIpc) is 2.11. The summed E-state index contributed by atoms with van der Waals surface area (Å²) in [6.45, 7) is 6.47. The van der Waals surface area contributed by atoms with Gasteiger partial charge >= 0.3 is 0 Å². The summed E-state index contributed by atoms with van der Waals surface area (Å²) in [5, 5.41) is 0. The molecule has 12 heavy (non-hydrogen) atoms. The smallest absolute Gasteiger partial charge is 0.0320 e. The van der Waals surface area contributed by atoms with Crippen LogP contribution in [0, 0.1) is 0 Å². The lowest BCUT2D eigenvalue weighted by Gasteiger charge is -2.01. The highest BCUT2D eigenvalue weighted by molar-refractivity contribution is 4.98. The quantitative estimate of drug-likeness (QED) is 0.403. The highest BCUT2D eigenvalue weighted by Gasteiger charge is 1.91. The molecule has 0 atom stereocenters. The number of rotatable bonds is 6. The van der Waals surface area contributed by atoms with Crippen molar-refractivity contribution in [3.8, 4) is 0 Å². The first-order chi connectivity index (χ1) is 5.85. The molecule has 0 unspecified atom stereocenters. The van der Waals surface area contributed by atoms with Crippen LogP contribution in [0.5, 0.6) is 0 Å². The van der Waals surface area contributed by atoms with Gasteiger partial charge in [-0.1, -0.05) is 30.7 Å². The standard InChI is InChI=1S/C12H22/c1-4-7-8-9-10-11-12(5-2)6-3/h4-5,7H,6,8-11H2,1-3H3. The molecular weight excluding hydrogens is 144 g/mol. The average molecular weight is 166 g/mol. The Balaban J connectivity index is 3.30. The lowest BCUT2D eigenvalue weighted by molar-refractivity contribution is 0.726. The summed E-state index contributed by atoms with van der Waals surface area (Å²) in [6.07, 6.45) is 13.1. The summed E-state index contributed by atoms with van der Waals surface area (Å²) in [7, 11) is 0. The van der Waals surface area contributed by atoms with Crippen molar-refractivity contribution < 1.29 is 0 Å². The minimum atomic E-state index is 1.22. The Kier molecular flexibility index (Phi) is 8.20. The fraction of sp³-hybridized carbons (Fsp3) is 0.667. The second kappa shape index (κ2) is 8.58. The van der Waals surface area contributed by atoms with Crippen LogP contribution in [0.3, 0.4) is 0 Å². The van der Waals surface area contributed by atoms with Crippen LogP contribution in [0.15, 0.2) is 23.8 Å². The molecule has 0 aromatic heterocycles. The lowest BCUT2D eigenvalue weighted by Crippen LogP contribution is -1.81. The summed E-state index contributed by atoms with van der Waals surface area (Å²) >= 11 is 0. The van der Waals surface area contributed by atoms with Gasteiger partial charge in [0.15, 0.2) is 0 Å². The fourth-order valence-electron chi connectivity index (χ4n) is 1.31. The molecule has 0 heteroatoms. The summed E-state index contributed by atoms with van der Waals surface area (Å²) in [5.74, 6) is 0. The van der Waals surface area contributed by atoms with Gasteiger partial charge in [0.05, 0.1) is 0 Å². The van der Waals surface area contributed by atoms with Crippen LogP contribution in [0.2, 0.25) is 0 Å². The van der Waals surface area contributed by atoms with Crippen molar-refractivity contribution in [3.63, 3.8) is 0 Å². The number of allylic oxidation sites excluding steroid dienone is 4. The van der Waals surface area contributed by atoms with E-state index in [2.05, 4.69) is 39.0 Å². The summed E-state index contributed by atoms with van der Waals surface area (Å²) in [4.78, 5) is 0. The normalized spacial score (nSPS) is 12.8. The van der Waals surface area contributed by atoms with Gasteiger partial charge in [-0.05, 0) is 46.0 Å². The molecule has 0 aliphatic heterocycles. The molecule has 0 amide bonds. The van der Waals surface area contributed by atoms with Gasteiger partial charge in [-0.25, -0.2) is 0 Å². The molecule has 0 saturated heterocycles. The van der Waals surface area contributed by atoms with Crippen LogP contribution < -0.4 is 0 Å². The summed E-state index contributed by atoms with van der Waals surface area (Å²) in [5.41, 5.74) is 1.61. The number of hydrogen-bond donors (Lipinski definition) is 0. The van der Waals surface area contributed by atoms with Crippen LogP contribution in [-0.4, -0.2) is 0 Å². The summed E-state index contributed by atoms with van der Waals surface area (Å²) in [6, 6.07) is 0. The Morgan fingerprint density at radius 3 is 2.42 bits per heavy atom. The molecule has 0 N–H and O–H groups in total. The molecule has 0 bridgehead atoms. The number of hydrogen-bond acceptors (Lipinski definition) is 0. The van der Waals surface area contributed by atoms with E-state index in [0.717, 1.165) is 0 Å². The first kappa shape index (κ1) is 11.5. The molecule has 0 saturated carbocycles. The second-order valence-corrected chi connectivity index (χ2v) is 3.12. The van der Waals surface area contributed by atoms with E-state index in [1.54, 1.807) is 5.57 Å². The van der Waals surface area contributed by atoms with Crippen molar-refractivity contribution in [2.75, 3.05) is 0 Å². The molecule has 0 fully saturated rings. The predicted octanol–water partition coefficient (Wildman–Crippen LogP) is 4.48. The van der Waals surface area contributed by atoms with Gasteiger partial charge in [0, 0.05) is 0 Å². The van der Waals surface area contributed by atoms with Crippen molar-refractivity contribution in [1.29, 1.82) is 0 Å². The second-order valence-electron chi connectivity index (χ2n) is 3.12. The molecule has 70 valence electrons. The van der Waals surface area contributed by atoms with Gasteiger partial charge in [-0.15, -0.1) is 0 Å². The molecular formula is C12H22. The Morgan fingerprint density at radius 1 is 1.17 bits per heavy atom. The van der Waals surface area contributed by atoms with Crippen LogP contribution in [0.1, 0.15) is 52.9 Å². The van der Waals surface area contributed by atoms with E-state index in [1.807, 2.05) is 0 Å². The van der Waals surface area contributed by atoms with Gasteiger partial charge in [0.1, 0.15) is 0 Å². The van der Waals surface area contributed by atoms with Gasteiger partial charge in [-0.3, -0.25) is 0 Å². The minimum absolute atomic E-state index is 1.22. The van der Waals surface area contributed by atoms with Gasteiger partial charge in [0.2, 0.25) is 0 Å². The molecule has 0 aromatic carbocycles. The van der Waals surface area contributed by atoms with Crippen LogP contribution in [0.25, 0.3) is 0 Å². The highest BCUT2D eigenvalue weighted by atomic mass is 14.0. The maximum Gasteiger partial charge on any atom is -0.0320 e. The Labute approximate surface area is 77.4 Å². The van der Waals surface area contributed by atoms with Gasteiger partial charge < -0.3 is 0 Å². The van der Waals surface area contributed by atoms with E-state index in [4.69, 9.17) is 0 Å². The van der Waals surface area contributed by atoms with Crippen LogP contribution in [-0.2, 0) is 0 Å². The van der Waals surface area contributed by atoms with Gasteiger partial charge in [0.25, 0.3) is 0 Å². The first-order valence-electron chi connectivity index (χ1n) is 5.10. The van der Waals surface area contributed by atoms with Crippen molar-refractivity contribution in [1.82, 2.24) is 0 Å². The SMILES string of the molecule is CC=CCCCCC(=CC)CC. The maximum atomic E-state index is 2.26. The molecule has 0 aromatic rings. The molecule has 0 heterocycles. The third kappa shape index (κ3) is 6.21. The van der Waals surface area contributed by atoms with E-state index in [9.17, 15) is 0 Å². The molecule has 0 rings (SSSR count). The molecule has 0 radical (unpaired) electrons. The van der Waals surface area contributed by atoms with E-state index < -0.39 is 0 Å². The molecule has 0 spiro atoms. The molecule has 0 aliphatic carbocycles. The lowest BCUT2D eigenvalue weighted by atomic mass is 10.1. The van der Waals surface area contributed by atoms with E-state index in [-0.39, 0.29) is 0 Å². The fourth-order valence-corrected chi connectivity index (χ4v) is 1.31. The van der Waals surface area contributed by atoms with Crippen molar-refractivity contribution in [3.05, 3.63) is 23.8 Å².